The van der Waals surface area contributed by atoms with Crippen LogP contribution in [0.15, 0.2) is 0 Å². The lowest BCUT2D eigenvalue weighted by atomic mass is 9.98. The van der Waals surface area contributed by atoms with Crippen molar-refractivity contribution in [1.82, 2.24) is 15.1 Å². The van der Waals surface area contributed by atoms with E-state index >= 15 is 0 Å². The van der Waals surface area contributed by atoms with E-state index in [9.17, 15) is 9.59 Å². The van der Waals surface area contributed by atoms with Gasteiger partial charge in [0.2, 0.25) is 5.91 Å². The first-order valence-electron chi connectivity index (χ1n) is 6.76. The first-order valence-corrected chi connectivity index (χ1v) is 6.76. The van der Waals surface area contributed by atoms with Crippen molar-refractivity contribution in [3.63, 3.8) is 0 Å². The normalized spacial score (nSPS) is 24.5. The lowest BCUT2D eigenvalue weighted by Crippen LogP contribution is -2.65. The van der Waals surface area contributed by atoms with Crippen LogP contribution in [0.3, 0.4) is 0 Å². The molecule has 1 N–H and O–H groups in total. The average molecular weight is 253 g/mol. The van der Waals surface area contributed by atoms with Crippen molar-refractivity contribution in [2.75, 3.05) is 20.1 Å². The minimum Gasteiger partial charge on any atom is -0.342 e. The van der Waals surface area contributed by atoms with Crippen LogP contribution in [0.2, 0.25) is 0 Å². The molecule has 1 saturated carbocycles. The largest absolute Gasteiger partial charge is 0.342 e. The molecule has 5 nitrogen and oxygen atoms in total. The minimum absolute atomic E-state index is 0.00956. The third-order valence-electron chi connectivity index (χ3n) is 4.13. The number of rotatable bonds is 1. The van der Waals surface area contributed by atoms with Crippen molar-refractivity contribution in [1.29, 1.82) is 0 Å². The van der Waals surface area contributed by atoms with E-state index in [1.807, 2.05) is 13.8 Å². The van der Waals surface area contributed by atoms with Crippen LogP contribution in [0.4, 0.5) is 4.79 Å². The molecule has 1 heterocycles. The molecule has 2 fully saturated rings. The Bertz CT molecular complexity index is 348. The Balaban J connectivity index is 2.02. The van der Waals surface area contributed by atoms with Crippen LogP contribution in [0.1, 0.15) is 39.5 Å². The van der Waals surface area contributed by atoms with Crippen LogP contribution in [0, 0.1) is 0 Å². The molecule has 0 aromatic carbocycles. The van der Waals surface area contributed by atoms with E-state index in [0.717, 1.165) is 12.8 Å². The maximum Gasteiger partial charge on any atom is 0.318 e. The Kier molecular flexibility index (Phi) is 3.50. The Morgan fingerprint density at radius 1 is 1.28 bits per heavy atom. The van der Waals surface area contributed by atoms with Gasteiger partial charge in [-0.25, -0.2) is 4.79 Å². The fraction of sp³-hybridized carbons (Fsp3) is 0.846. The number of nitrogens with one attached hydrogen (secondary N) is 1. The van der Waals surface area contributed by atoms with Crippen molar-refractivity contribution >= 4 is 11.9 Å². The van der Waals surface area contributed by atoms with E-state index < -0.39 is 5.54 Å². The lowest BCUT2D eigenvalue weighted by molar-refractivity contribution is -0.144. The molecule has 1 saturated heterocycles. The molecule has 0 aromatic heterocycles. The third kappa shape index (κ3) is 2.31. The van der Waals surface area contributed by atoms with Crippen molar-refractivity contribution in [3.8, 4) is 0 Å². The molecule has 0 unspecified atom stereocenters. The fourth-order valence-corrected chi connectivity index (χ4v) is 2.89. The summed E-state index contributed by atoms with van der Waals surface area (Å²) in [5, 5.41) is 3.06. The quantitative estimate of drug-likeness (QED) is 0.763. The van der Waals surface area contributed by atoms with Gasteiger partial charge in [-0.3, -0.25) is 4.79 Å². The maximum absolute atomic E-state index is 12.3. The first kappa shape index (κ1) is 13.2. The zero-order valence-electron chi connectivity index (χ0n) is 11.5. The van der Waals surface area contributed by atoms with Gasteiger partial charge in [0.25, 0.3) is 0 Å². The Labute approximate surface area is 108 Å². The van der Waals surface area contributed by atoms with Crippen LogP contribution < -0.4 is 5.32 Å². The number of carbonyl (C=O) groups is 2. The maximum atomic E-state index is 12.3. The highest BCUT2D eigenvalue weighted by molar-refractivity contribution is 5.91. The highest BCUT2D eigenvalue weighted by Gasteiger charge is 2.43. The van der Waals surface area contributed by atoms with Gasteiger partial charge in [-0.2, -0.15) is 0 Å². The van der Waals surface area contributed by atoms with Gasteiger partial charge in [0, 0.05) is 26.2 Å². The molecule has 1 aliphatic heterocycles. The number of hydrogen-bond donors (Lipinski definition) is 1. The average Bonchev–Trinajstić information content (AvgIpc) is 2.78. The van der Waals surface area contributed by atoms with Gasteiger partial charge < -0.3 is 15.1 Å². The Morgan fingerprint density at radius 3 is 2.50 bits per heavy atom. The van der Waals surface area contributed by atoms with Crippen LogP contribution in [0.5, 0.6) is 0 Å². The zero-order valence-corrected chi connectivity index (χ0v) is 11.5. The smallest absolute Gasteiger partial charge is 0.318 e. The SMILES string of the molecule is CN1CCN(C(=O)NC2CCCC2)C(C)(C)C1=O. The summed E-state index contributed by atoms with van der Waals surface area (Å²) in [6, 6.07) is 0.205. The van der Waals surface area contributed by atoms with Crippen LogP contribution >= 0.6 is 0 Å². The van der Waals surface area contributed by atoms with Crippen molar-refractivity contribution in [3.05, 3.63) is 0 Å². The highest BCUT2D eigenvalue weighted by Crippen LogP contribution is 2.23. The predicted molar refractivity (Wildman–Crippen MR) is 69.2 cm³/mol. The molecule has 0 bridgehead atoms. The van der Waals surface area contributed by atoms with E-state index in [1.165, 1.54) is 12.8 Å². The summed E-state index contributed by atoms with van der Waals surface area (Å²) in [6.07, 6.45) is 4.51. The lowest BCUT2D eigenvalue weighted by Gasteiger charge is -2.44. The molecule has 2 aliphatic rings. The summed E-state index contributed by atoms with van der Waals surface area (Å²) in [5.74, 6) is 0.00956. The summed E-state index contributed by atoms with van der Waals surface area (Å²) >= 11 is 0. The molecular formula is C13H23N3O2. The topological polar surface area (TPSA) is 52.6 Å². The number of piperazine rings is 1. The Hall–Kier alpha value is -1.26. The number of nitrogens with zero attached hydrogens (tertiary/aromatic N) is 2. The van der Waals surface area contributed by atoms with Gasteiger partial charge in [-0.1, -0.05) is 12.8 Å². The zero-order chi connectivity index (χ0) is 13.3. The molecule has 0 aromatic rings. The first-order chi connectivity index (χ1) is 8.43. The van der Waals surface area contributed by atoms with Gasteiger partial charge >= 0.3 is 6.03 Å². The van der Waals surface area contributed by atoms with E-state index in [2.05, 4.69) is 5.32 Å². The molecule has 3 amide bonds. The number of likely N-dealkylation sites (N-methyl/N-ethyl adjacent to an activating group) is 1. The van der Waals surface area contributed by atoms with Crippen LogP contribution in [0.25, 0.3) is 0 Å². The second-order valence-corrected chi connectivity index (χ2v) is 5.87. The summed E-state index contributed by atoms with van der Waals surface area (Å²) in [7, 11) is 1.79. The fourth-order valence-electron chi connectivity index (χ4n) is 2.89. The molecule has 5 heteroatoms. The molecular weight excluding hydrogens is 230 g/mol. The molecule has 2 rings (SSSR count). The number of hydrogen-bond acceptors (Lipinski definition) is 2. The summed E-state index contributed by atoms with van der Waals surface area (Å²) in [6.45, 7) is 4.85. The molecule has 1 aliphatic carbocycles. The van der Waals surface area contributed by atoms with E-state index in [1.54, 1.807) is 16.8 Å². The van der Waals surface area contributed by atoms with E-state index in [4.69, 9.17) is 0 Å². The molecule has 0 atom stereocenters. The summed E-state index contributed by atoms with van der Waals surface area (Å²) < 4.78 is 0. The molecule has 0 spiro atoms. The highest BCUT2D eigenvalue weighted by atomic mass is 16.2. The van der Waals surface area contributed by atoms with Gasteiger partial charge in [0.1, 0.15) is 5.54 Å². The summed E-state index contributed by atoms with van der Waals surface area (Å²) in [4.78, 5) is 27.7. The van der Waals surface area contributed by atoms with E-state index in [0.29, 0.717) is 19.1 Å². The second kappa shape index (κ2) is 4.78. The molecule has 0 radical (unpaired) electrons. The molecule has 18 heavy (non-hydrogen) atoms. The predicted octanol–water partition coefficient (Wildman–Crippen LogP) is 1.19. The number of carbonyl (C=O) groups excluding carboxylic acids is 2. The summed E-state index contributed by atoms with van der Waals surface area (Å²) in [5.41, 5.74) is -0.740. The van der Waals surface area contributed by atoms with E-state index in [-0.39, 0.29) is 11.9 Å². The van der Waals surface area contributed by atoms with Gasteiger partial charge in [-0.15, -0.1) is 0 Å². The standard InChI is InChI=1S/C13H23N3O2/c1-13(2)11(17)15(3)8-9-16(13)12(18)14-10-6-4-5-7-10/h10H,4-9H2,1-3H3,(H,14,18). The van der Waals surface area contributed by atoms with Crippen molar-refractivity contribution in [2.24, 2.45) is 0 Å². The second-order valence-electron chi connectivity index (χ2n) is 5.87. The number of urea groups is 1. The van der Waals surface area contributed by atoms with Crippen LogP contribution in [-0.4, -0.2) is 53.5 Å². The van der Waals surface area contributed by atoms with Gasteiger partial charge in [0.05, 0.1) is 0 Å². The van der Waals surface area contributed by atoms with Crippen molar-refractivity contribution in [2.45, 2.75) is 51.1 Å². The van der Waals surface area contributed by atoms with Gasteiger partial charge in [0.15, 0.2) is 0 Å². The third-order valence-corrected chi connectivity index (χ3v) is 4.13. The van der Waals surface area contributed by atoms with Crippen LogP contribution in [-0.2, 0) is 4.79 Å². The van der Waals surface area contributed by atoms with Crippen molar-refractivity contribution < 1.29 is 9.59 Å². The Morgan fingerprint density at radius 2 is 1.89 bits per heavy atom. The minimum atomic E-state index is -0.740. The monoisotopic (exact) mass is 253 g/mol. The molecule has 102 valence electrons. The number of amides is 3. The van der Waals surface area contributed by atoms with Gasteiger partial charge in [-0.05, 0) is 26.7 Å².